The number of nitrogens with one attached hydrogen (secondary N) is 1. The van der Waals surface area contributed by atoms with Gasteiger partial charge in [0.05, 0.1) is 15.7 Å². The summed E-state index contributed by atoms with van der Waals surface area (Å²) in [6.45, 7) is 1.53. The average Bonchev–Trinajstić information content (AvgIpc) is 2.90. The van der Waals surface area contributed by atoms with Gasteiger partial charge in [-0.2, -0.15) is 0 Å². The van der Waals surface area contributed by atoms with Crippen LogP contribution in [0.1, 0.15) is 46.3 Å². The van der Waals surface area contributed by atoms with Crippen molar-refractivity contribution >= 4 is 52.1 Å². The summed E-state index contributed by atoms with van der Waals surface area (Å²) in [4.78, 5) is 26.5. The first kappa shape index (κ1) is 19.2. The number of carbonyl (C=O) groups excluding carboxylic acids is 2. The van der Waals surface area contributed by atoms with Gasteiger partial charge in [0.2, 0.25) is 0 Å². The molecule has 3 rings (SSSR count). The normalized spacial score (nSPS) is 14.9. The molecule has 1 heterocycles. The van der Waals surface area contributed by atoms with Gasteiger partial charge in [-0.15, -0.1) is 11.3 Å². The summed E-state index contributed by atoms with van der Waals surface area (Å²) in [6.07, 6.45) is 4.60. The largest absolute Gasteiger partial charge is 0.448 e. The highest BCUT2D eigenvalue weighted by Crippen LogP contribution is 2.31. The molecule has 0 saturated carbocycles. The standard InChI is InChI=1S/C19H19Cl2NO3S/c1-11(18(23)22-14-8-5-7-13(20)17(14)21)25-19(24)16-10-12-6-3-2-4-9-15(12)26-16/h5,7-8,10-11H,2-4,6,9H2,1H3,(H,22,23). The number of aryl methyl sites for hydroxylation is 2. The van der Waals surface area contributed by atoms with Crippen LogP contribution >= 0.6 is 34.5 Å². The topological polar surface area (TPSA) is 55.4 Å². The molecule has 0 aliphatic heterocycles. The summed E-state index contributed by atoms with van der Waals surface area (Å²) in [5.41, 5.74) is 1.62. The van der Waals surface area contributed by atoms with Gasteiger partial charge in [-0.1, -0.05) is 35.7 Å². The first-order valence-corrected chi connectivity index (χ1v) is 10.1. The van der Waals surface area contributed by atoms with Crippen LogP contribution in [0.4, 0.5) is 5.69 Å². The van der Waals surface area contributed by atoms with E-state index in [4.69, 9.17) is 27.9 Å². The van der Waals surface area contributed by atoms with Crippen LogP contribution in [-0.2, 0) is 22.4 Å². The van der Waals surface area contributed by atoms with Crippen molar-refractivity contribution in [2.45, 2.75) is 45.1 Å². The van der Waals surface area contributed by atoms with Crippen molar-refractivity contribution in [3.8, 4) is 0 Å². The van der Waals surface area contributed by atoms with Crippen LogP contribution in [0.3, 0.4) is 0 Å². The number of esters is 1. The minimum Gasteiger partial charge on any atom is -0.448 e. The minimum atomic E-state index is -0.945. The second kappa shape index (κ2) is 8.42. The number of fused-ring (bicyclic) bond motifs is 1. The molecule has 1 aliphatic rings. The zero-order valence-corrected chi connectivity index (χ0v) is 16.6. The van der Waals surface area contributed by atoms with E-state index < -0.39 is 18.0 Å². The predicted octanol–water partition coefficient (Wildman–Crippen LogP) is 5.51. The SMILES string of the molecule is CC(OC(=O)c1cc2c(s1)CCCCC2)C(=O)Nc1cccc(Cl)c1Cl. The third-order valence-corrected chi connectivity index (χ3v) is 6.35. The molecule has 0 saturated heterocycles. The fourth-order valence-electron chi connectivity index (χ4n) is 2.87. The molecule has 138 valence electrons. The molecule has 0 spiro atoms. The Bertz CT molecular complexity index is 811. The molecule has 1 amide bonds. The fraction of sp³-hybridized carbons (Fsp3) is 0.368. The quantitative estimate of drug-likeness (QED) is 0.532. The summed E-state index contributed by atoms with van der Waals surface area (Å²) >= 11 is 13.5. The summed E-state index contributed by atoms with van der Waals surface area (Å²) in [6, 6.07) is 6.85. The first-order valence-electron chi connectivity index (χ1n) is 8.53. The summed E-state index contributed by atoms with van der Waals surface area (Å²) in [5.74, 6) is -0.927. The first-order chi connectivity index (χ1) is 12.5. The Labute approximate surface area is 166 Å². The molecule has 2 aromatic rings. The molecule has 1 unspecified atom stereocenters. The lowest BCUT2D eigenvalue weighted by Gasteiger charge is -2.14. The van der Waals surface area contributed by atoms with Gasteiger partial charge in [-0.05, 0) is 56.4 Å². The summed E-state index contributed by atoms with van der Waals surface area (Å²) < 4.78 is 5.33. The van der Waals surface area contributed by atoms with Crippen molar-refractivity contribution in [1.82, 2.24) is 0 Å². The van der Waals surface area contributed by atoms with Crippen LogP contribution in [0.2, 0.25) is 10.0 Å². The van der Waals surface area contributed by atoms with E-state index in [9.17, 15) is 9.59 Å². The van der Waals surface area contributed by atoms with Crippen LogP contribution in [0.15, 0.2) is 24.3 Å². The molecule has 0 fully saturated rings. The Balaban J connectivity index is 1.63. The second-order valence-corrected chi connectivity index (χ2v) is 8.18. The third-order valence-electron chi connectivity index (χ3n) is 4.31. The highest BCUT2D eigenvalue weighted by Gasteiger charge is 2.23. The third kappa shape index (κ3) is 4.40. The Hall–Kier alpha value is -1.56. The van der Waals surface area contributed by atoms with Gasteiger partial charge in [0.1, 0.15) is 4.88 Å². The van der Waals surface area contributed by atoms with E-state index in [-0.39, 0.29) is 5.02 Å². The molecular weight excluding hydrogens is 393 g/mol. The Morgan fingerprint density at radius 1 is 1.19 bits per heavy atom. The molecule has 0 radical (unpaired) electrons. The van der Waals surface area contributed by atoms with E-state index in [0.717, 1.165) is 25.7 Å². The predicted molar refractivity (Wildman–Crippen MR) is 106 cm³/mol. The monoisotopic (exact) mass is 411 g/mol. The summed E-state index contributed by atoms with van der Waals surface area (Å²) in [5, 5.41) is 3.23. The van der Waals surface area contributed by atoms with Crippen molar-refractivity contribution < 1.29 is 14.3 Å². The van der Waals surface area contributed by atoms with Gasteiger partial charge in [0, 0.05) is 4.88 Å². The number of benzene rings is 1. The smallest absolute Gasteiger partial charge is 0.349 e. The fourth-order valence-corrected chi connectivity index (χ4v) is 4.36. The number of hydrogen-bond acceptors (Lipinski definition) is 4. The number of thiophene rings is 1. The molecular formula is C19H19Cl2NO3S. The van der Waals surface area contributed by atoms with E-state index in [2.05, 4.69) is 5.32 Å². The Kier molecular flexibility index (Phi) is 6.22. The number of ether oxygens (including phenoxy) is 1. The van der Waals surface area contributed by atoms with Crippen LogP contribution in [0, 0.1) is 0 Å². The van der Waals surface area contributed by atoms with Crippen molar-refractivity contribution in [1.29, 1.82) is 0 Å². The Morgan fingerprint density at radius 2 is 1.96 bits per heavy atom. The highest BCUT2D eigenvalue weighted by atomic mass is 35.5. The maximum Gasteiger partial charge on any atom is 0.349 e. The van der Waals surface area contributed by atoms with Gasteiger partial charge in [-0.3, -0.25) is 4.79 Å². The van der Waals surface area contributed by atoms with Crippen LogP contribution < -0.4 is 5.32 Å². The zero-order chi connectivity index (χ0) is 18.7. The van der Waals surface area contributed by atoms with Gasteiger partial charge in [0.15, 0.2) is 6.10 Å². The van der Waals surface area contributed by atoms with E-state index >= 15 is 0 Å². The van der Waals surface area contributed by atoms with Crippen LogP contribution in [0.5, 0.6) is 0 Å². The second-order valence-electron chi connectivity index (χ2n) is 6.26. The summed E-state index contributed by atoms with van der Waals surface area (Å²) in [7, 11) is 0. The Morgan fingerprint density at radius 3 is 2.77 bits per heavy atom. The lowest BCUT2D eigenvalue weighted by Crippen LogP contribution is -2.29. The van der Waals surface area contributed by atoms with E-state index in [1.165, 1.54) is 35.1 Å². The van der Waals surface area contributed by atoms with Crippen molar-refractivity contribution in [2.24, 2.45) is 0 Å². The number of rotatable bonds is 4. The van der Waals surface area contributed by atoms with E-state index in [0.29, 0.717) is 15.6 Å². The zero-order valence-electron chi connectivity index (χ0n) is 14.3. The van der Waals surface area contributed by atoms with Crippen LogP contribution in [0.25, 0.3) is 0 Å². The molecule has 1 N–H and O–H groups in total. The molecule has 4 nitrogen and oxygen atoms in total. The van der Waals surface area contributed by atoms with E-state index in [1.54, 1.807) is 18.2 Å². The molecule has 1 aromatic carbocycles. The number of halogens is 2. The maximum atomic E-state index is 12.4. The number of carbonyl (C=O) groups is 2. The van der Waals surface area contributed by atoms with Crippen molar-refractivity contribution in [3.63, 3.8) is 0 Å². The van der Waals surface area contributed by atoms with Crippen molar-refractivity contribution in [2.75, 3.05) is 5.32 Å². The van der Waals surface area contributed by atoms with Gasteiger partial charge in [-0.25, -0.2) is 4.79 Å². The minimum absolute atomic E-state index is 0.253. The molecule has 1 atom stereocenters. The number of anilines is 1. The van der Waals surface area contributed by atoms with Crippen LogP contribution in [-0.4, -0.2) is 18.0 Å². The highest BCUT2D eigenvalue weighted by molar-refractivity contribution is 7.14. The lowest BCUT2D eigenvalue weighted by atomic mass is 10.1. The molecule has 7 heteroatoms. The van der Waals surface area contributed by atoms with Crippen molar-refractivity contribution in [3.05, 3.63) is 49.6 Å². The lowest BCUT2D eigenvalue weighted by molar-refractivity contribution is -0.123. The molecule has 26 heavy (non-hydrogen) atoms. The van der Waals surface area contributed by atoms with Gasteiger partial charge in [0.25, 0.3) is 5.91 Å². The van der Waals surface area contributed by atoms with Gasteiger partial charge < -0.3 is 10.1 Å². The van der Waals surface area contributed by atoms with E-state index in [1.807, 2.05) is 6.07 Å². The molecule has 1 aliphatic carbocycles. The molecule has 0 bridgehead atoms. The average molecular weight is 412 g/mol. The maximum absolute atomic E-state index is 12.4. The number of amides is 1. The number of hydrogen-bond donors (Lipinski definition) is 1. The van der Waals surface area contributed by atoms with Gasteiger partial charge >= 0.3 is 5.97 Å². The molecule has 1 aromatic heterocycles.